The second-order valence-electron chi connectivity index (χ2n) is 3.40. The topological polar surface area (TPSA) is 40.1 Å². The van der Waals surface area contributed by atoms with Crippen molar-refractivity contribution in [2.24, 2.45) is 0 Å². The van der Waals surface area contributed by atoms with Gasteiger partial charge in [-0.15, -0.1) is 0 Å². The molecule has 0 N–H and O–H groups in total. The zero-order valence-corrected chi connectivity index (χ0v) is 13.2. The van der Waals surface area contributed by atoms with Crippen molar-refractivity contribution in [3.8, 4) is 0 Å². The maximum Gasteiger partial charge on any atom is 1.00 e. The number of carbonyl (C=O) groups is 1. The molecule has 0 spiro atoms. The summed E-state index contributed by atoms with van der Waals surface area (Å²) in [6, 6.07) is 5.59. The molecule has 1 aromatic rings. The number of carbonyl (C=O) groups excluding carboxylic acids is 1. The molecule has 82 valence electrons. The molecule has 0 bridgehead atoms. The number of hydrogen-bond donors (Lipinski definition) is 0. The van der Waals surface area contributed by atoms with Crippen molar-refractivity contribution in [2.75, 3.05) is 0 Å². The third-order valence-electron chi connectivity index (χ3n) is 2.35. The zero-order valence-electron chi connectivity index (χ0n) is 10.0. The summed E-state index contributed by atoms with van der Waals surface area (Å²) in [6.07, 6.45) is 3.66. The van der Waals surface area contributed by atoms with Crippen LogP contribution in [0, 0.1) is 0 Å². The summed E-state index contributed by atoms with van der Waals surface area (Å²) >= 11 is 0. The van der Waals surface area contributed by atoms with Gasteiger partial charge < -0.3 is 9.90 Å². The van der Waals surface area contributed by atoms with Crippen LogP contribution < -0.4 is 56.5 Å². The van der Waals surface area contributed by atoms with Crippen LogP contribution in [0.5, 0.6) is 0 Å². The molecule has 0 saturated heterocycles. The predicted octanol–water partition coefficient (Wildman–Crippen LogP) is -1.17. The standard InChI is InChI=1S/C14H14O2.K/c1-4-11-7-6-8-12(13(11)5-2)9-10(3)14(15)16;/h4-8H,1-3,9H2,(H,15,16);/q;+1/p-1. The van der Waals surface area contributed by atoms with Crippen LogP contribution in [0.25, 0.3) is 12.2 Å². The molecule has 0 fully saturated rings. The Labute approximate surface area is 144 Å². The number of carboxylic acid groups (broad SMARTS) is 1. The molecule has 2 nitrogen and oxygen atoms in total. The quantitative estimate of drug-likeness (QED) is 0.489. The molecule has 0 aromatic heterocycles. The average molecular weight is 252 g/mol. The minimum Gasteiger partial charge on any atom is -0.545 e. The Bertz CT molecular complexity index is 461. The van der Waals surface area contributed by atoms with Crippen molar-refractivity contribution in [1.29, 1.82) is 0 Å². The van der Waals surface area contributed by atoms with Crippen LogP contribution in [0.15, 0.2) is 43.5 Å². The fraction of sp³-hybridized carbons (Fsp3) is 0.0714. The second-order valence-corrected chi connectivity index (χ2v) is 3.40. The average Bonchev–Trinajstić information content (AvgIpc) is 2.28. The molecule has 0 aliphatic heterocycles. The first-order valence-electron chi connectivity index (χ1n) is 4.86. The van der Waals surface area contributed by atoms with Gasteiger partial charge in [0.15, 0.2) is 0 Å². The van der Waals surface area contributed by atoms with Gasteiger partial charge >= 0.3 is 51.4 Å². The van der Waals surface area contributed by atoms with Gasteiger partial charge in [0.1, 0.15) is 0 Å². The summed E-state index contributed by atoms with van der Waals surface area (Å²) in [5.74, 6) is -1.22. The molecular formula is C14H13KO2. The number of hydrogen-bond acceptors (Lipinski definition) is 2. The third-order valence-corrected chi connectivity index (χ3v) is 2.35. The van der Waals surface area contributed by atoms with E-state index in [1.54, 1.807) is 12.2 Å². The smallest absolute Gasteiger partial charge is 0.545 e. The largest absolute Gasteiger partial charge is 1.00 e. The van der Waals surface area contributed by atoms with Crippen molar-refractivity contribution in [3.63, 3.8) is 0 Å². The van der Waals surface area contributed by atoms with Crippen LogP contribution in [-0.4, -0.2) is 5.97 Å². The first kappa shape index (κ1) is 16.5. The summed E-state index contributed by atoms with van der Waals surface area (Å²) in [5.41, 5.74) is 2.74. The molecule has 17 heavy (non-hydrogen) atoms. The third kappa shape index (κ3) is 4.37. The molecule has 1 aromatic carbocycles. The van der Waals surface area contributed by atoms with Gasteiger partial charge in [-0.1, -0.05) is 50.1 Å². The van der Waals surface area contributed by atoms with Crippen LogP contribution in [-0.2, 0) is 11.2 Å². The zero-order chi connectivity index (χ0) is 12.1. The molecule has 0 unspecified atom stereocenters. The van der Waals surface area contributed by atoms with Gasteiger partial charge in [0.2, 0.25) is 0 Å². The summed E-state index contributed by atoms with van der Waals surface area (Å²) in [5, 5.41) is 10.6. The second kappa shape index (κ2) is 7.79. The fourth-order valence-corrected chi connectivity index (χ4v) is 1.52. The Kier molecular flexibility index (Phi) is 7.58. The van der Waals surface area contributed by atoms with E-state index in [-0.39, 0.29) is 63.4 Å². The Balaban J connectivity index is 0.00000256. The van der Waals surface area contributed by atoms with Crippen LogP contribution in [0.1, 0.15) is 16.7 Å². The van der Waals surface area contributed by atoms with E-state index in [2.05, 4.69) is 19.7 Å². The Morgan fingerprint density at radius 3 is 2.41 bits per heavy atom. The van der Waals surface area contributed by atoms with Crippen LogP contribution in [0.2, 0.25) is 0 Å². The van der Waals surface area contributed by atoms with E-state index in [9.17, 15) is 9.90 Å². The summed E-state index contributed by atoms with van der Waals surface area (Å²) in [4.78, 5) is 10.6. The molecule has 0 saturated carbocycles. The van der Waals surface area contributed by atoms with Crippen molar-refractivity contribution in [3.05, 3.63) is 60.2 Å². The first-order valence-corrected chi connectivity index (χ1v) is 4.86. The number of rotatable bonds is 5. The van der Waals surface area contributed by atoms with Gasteiger partial charge in [-0.3, -0.25) is 0 Å². The number of benzene rings is 1. The van der Waals surface area contributed by atoms with Crippen LogP contribution in [0.4, 0.5) is 0 Å². The van der Waals surface area contributed by atoms with Crippen molar-refractivity contribution in [1.82, 2.24) is 0 Å². The molecule has 0 heterocycles. The maximum atomic E-state index is 10.6. The van der Waals surface area contributed by atoms with E-state index in [0.717, 1.165) is 16.7 Å². The van der Waals surface area contributed by atoms with E-state index in [0.29, 0.717) is 0 Å². The SMILES string of the molecule is C=Cc1cccc(CC(=C)C(=O)[O-])c1C=C.[K+]. The molecule has 0 amide bonds. The molecule has 1 rings (SSSR count). The van der Waals surface area contributed by atoms with E-state index in [1.165, 1.54) is 0 Å². The minimum atomic E-state index is -1.22. The molecule has 0 aliphatic rings. The van der Waals surface area contributed by atoms with Crippen molar-refractivity contribution < 1.29 is 61.3 Å². The van der Waals surface area contributed by atoms with E-state index >= 15 is 0 Å². The molecule has 0 aliphatic carbocycles. The van der Waals surface area contributed by atoms with Gasteiger partial charge in [0.25, 0.3) is 0 Å². The van der Waals surface area contributed by atoms with Crippen LogP contribution >= 0.6 is 0 Å². The maximum absolute atomic E-state index is 10.6. The van der Waals surface area contributed by atoms with Crippen LogP contribution in [0.3, 0.4) is 0 Å². The monoisotopic (exact) mass is 252 g/mol. The van der Waals surface area contributed by atoms with Gasteiger partial charge in [0.05, 0.1) is 5.97 Å². The summed E-state index contributed by atoms with van der Waals surface area (Å²) < 4.78 is 0. The van der Waals surface area contributed by atoms with Gasteiger partial charge in [0, 0.05) is 0 Å². The van der Waals surface area contributed by atoms with Crippen molar-refractivity contribution in [2.45, 2.75) is 6.42 Å². The Hall–Kier alpha value is -0.454. The molecule has 0 radical (unpaired) electrons. The fourth-order valence-electron chi connectivity index (χ4n) is 1.52. The Morgan fingerprint density at radius 1 is 1.29 bits per heavy atom. The van der Waals surface area contributed by atoms with E-state index in [1.807, 2.05) is 18.2 Å². The number of aliphatic carboxylic acids is 1. The molecular weight excluding hydrogens is 239 g/mol. The van der Waals surface area contributed by atoms with Crippen molar-refractivity contribution >= 4 is 18.1 Å². The Morgan fingerprint density at radius 2 is 1.94 bits per heavy atom. The summed E-state index contributed by atoms with van der Waals surface area (Å²) in [7, 11) is 0. The van der Waals surface area contributed by atoms with Gasteiger partial charge in [-0.25, -0.2) is 0 Å². The predicted molar refractivity (Wildman–Crippen MR) is 64.5 cm³/mol. The summed E-state index contributed by atoms with van der Waals surface area (Å²) in [6.45, 7) is 10.9. The normalized spacial score (nSPS) is 8.94. The van der Waals surface area contributed by atoms with Gasteiger partial charge in [-0.2, -0.15) is 0 Å². The van der Waals surface area contributed by atoms with E-state index in [4.69, 9.17) is 0 Å². The first-order chi connectivity index (χ1) is 7.60. The minimum absolute atomic E-state index is 0. The van der Waals surface area contributed by atoms with Gasteiger partial charge in [-0.05, 0) is 28.7 Å². The number of carboxylic acids is 1. The molecule has 0 atom stereocenters. The molecule has 3 heteroatoms. The van der Waals surface area contributed by atoms with E-state index < -0.39 is 5.97 Å².